The predicted octanol–water partition coefficient (Wildman–Crippen LogP) is 2.38. The number of piperazine rings is 1. The van der Waals surface area contributed by atoms with Crippen LogP contribution in [0.2, 0.25) is 0 Å². The predicted molar refractivity (Wildman–Crippen MR) is 124 cm³/mol. The first-order valence-electron chi connectivity index (χ1n) is 11.5. The number of hydrogen-bond donors (Lipinski definition) is 1. The molecule has 0 aromatic heterocycles. The van der Waals surface area contributed by atoms with Gasteiger partial charge in [-0.25, -0.2) is 0 Å². The van der Waals surface area contributed by atoms with E-state index in [2.05, 4.69) is 80.3 Å². The summed E-state index contributed by atoms with van der Waals surface area (Å²) in [7, 11) is 0. The van der Waals surface area contributed by atoms with Crippen LogP contribution in [0.5, 0.6) is 0 Å². The van der Waals surface area contributed by atoms with Gasteiger partial charge < -0.3 is 10.0 Å². The molecule has 2 aromatic rings. The van der Waals surface area contributed by atoms with E-state index in [9.17, 15) is 5.11 Å². The minimum Gasteiger partial charge on any atom is -0.390 e. The molecule has 162 valence electrons. The third-order valence-electron chi connectivity index (χ3n) is 6.36. The Morgan fingerprint density at radius 1 is 0.633 bits per heavy atom. The number of aliphatic hydroxyl groups excluding tert-OH is 1. The second-order valence-electron chi connectivity index (χ2n) is 8.69. The van der Waals surface area contributed by atoms with Crippen LogP contribution in [0, 0.1) is 0 Å². The van der Waals surface area contributed by atoms with E-state index in [-0.39, 0.29) is 6.10 Å². The number of hydrogen-bond acceptors (Lipinski definition) is 5. The average Bonchev–Trinajstić information content (AvgIpc) is 3.00. The van der Waals surface area contributed by atoms with Gasteiger partial charge in [-0.3, -0.25) is 14.7 Å². The van der Waals surface area contributed by atoms with Crippen LogP contribution in [0.4, 0.5) is 5.69 Å². The summed E-state index contributed by atoms with van der Waals surface area (Å²) in [5, 5.41) is 10.7. The zero-order valence-electron chi connectivity index (χ0n) is 18.1. The molecule has 4 rings (SSSR count). The maximum absolute atomic E-state index is 10.7. The fraction of sp³-hybridized carbons (Fsp3) is 0.520. The smallest absolute Gasteiger partial charge is 0.0793 e. The fourth-order valence-electron chi connectivity index (χ4n) is 4.69. The van der Waals surface area contributed by atoms with Crippen LogP contribution in [-0.4, -0.2) is 91.4 Å². The van der Waals surface area contributed by atoms with Gasteiger partial charge in [0.2, 0.25) is 0 Å². The van der Waals surface area contributed by atoms with Crippen LogP contribution in [-0.2, 0) is 6.54 Å². The lowest BCUT2D eigenvalue weighted by Crippen LogP contribution is -2.50. The molecule has 2 fully saturated rings. The number of anilines is 1. The standard InChI is InChI=1S/C25H36N4O/c30-25(22-28-16-18-29(19-17-28)24-10-5-2-6-11-24)21-27-13-7-12-26(14-15-27)20-23-8-3-1-4-9-23/h1-6,8-11,25,30H,7,12-22H2. The normalized spacial score (nSPS) is 20.8. The summed E-state index contributed by atoms with van der Waals surface area (Å²) < 4.78 is 0. The van der Waals surface area contributed by atoms with Crippen molar-refractivity contribution >= 4 is 5.69 Å². The van der Waals surface area contributed by atoms with E-state index in [1.54, 1.807) is 0 Å². The van der Waals surface area contributed by atoms with Crippen molar-refractivity contribution < 1.29 is 5.11 Å². The number of benzene rings is 2. The lowest BCUT2D eigenvalue weighted by Gasteiger charge is -2.37. The number of aliphatic hydroxyl groups is 1. The van der Waals surface area contributed by atoms with E-state index >= 15 is 0 Å². The zero-order chi connectivity index (χ0) is 20.6. The monoisotopic (exact) mass is 408 g/mol. The van der Waals surface area contributed by atoms with Gasteiger partial charge in [0, 0.05) is 64.6 Å². The van der Waals surface area contributed by atoms with Crippen LogP contribution in [0.1, 0.15) is 12.0 Å². The van der Waals surface area contributed by atoms with E-state index in [1.807, 2.05) is 0 Å². The molecule has 30 heavy (non-hydrogen) atoms. The van der Waals surface area contributed by atoms with E-state index in [0.717, 1.165) is 72.0 Å². The first-order valence-corrected chi connectivity index (χ1v) is 11.5. The Balaban J connectivity index is 1.17. The molecule has 5 nitrogen and oxygen atoms in total. The van der Waals surface area contributed by atoms with Crippen LogP contribution in [0.25, 0.3) is 0 Å². The third kappa shape index (κ3) is 6.29. The van der Waals surface area contributed by atoms with Gasteiger partial charge in [0.1, 0.15) is 0 Å². The third-order valence-corrected chi connectivity index (χ3v) is 6.36. The number of nitrogens with zero attached hydrogens (tertiary/aromatic N) is 4. The van der Waals surface area contributed by atoms with E-state index in [4.69, 9.17) is 0 Å². The zero-order valence-corrected chi connectivity index (χ0v) is 18.1. The number of para-hydroxylation sites is 1. The summed E-state index contributed by atoms with van der Waals surface area (Å²) in [5.41, 5.74) is 2.70. The summed E-state index contributed by atoms with van der Waals surface area (Å²) in [6, 6.07) is 21.4. The second kappa shape index (κ2) is 10.9. The van der Waals surface area contributed by atoms with E-state index in [0.29, 0.717) is 0 Å². The van der Waals surface area contributed by atoms with Crippen molar-refractivity contribution in [2.75, 3.05) is 70.3 Å². The summed E-state index contributed by atoms with van der Waals surface area (Å²) >= 11 is 0. The molecule has 2 saturated heterocycles. The lowest BCUT2D eigenvalue weighted by molar-refractivity contribution is 0.0726. The van der Waals surface area contributed by atoms with Gasteiger partial charge in [0.05, 0.1) is 6.10 Å². The molecule has 2 heterocycles. The van der Waals surface area contributed by atoms with Crippen molar-refractivity contribution in [3.05, 3.63) is 66.2 Å². The molecule has 2 aromatic carbocycles. The van der Waals surface area contributed by atoms with Gasteiger partial charge in [-0.15, -0.1) is 0 Å². The fourth-order valence-corrected chi connectivity index (χ4v) is 4.69. The molecule has 0 aliphatic carbocycles. The molecule has 0 saturated carbocycles. The molecule has 1 N–H and O–H groups in total. The lowest BCUT2D eigenvalue weighted by atomic mass is 10.2. The molecule has 1 atom stereocenters. The Bertz CT molecular complexity index is 733. The summed E-state index contributed by atoms with van der Waals surface area (Å²) in [5.74, 6) is 0. The summed E-state index contributed by atoms with van der Waals surface area (Å²) in [4.78, 5) is 9.86. The molecule has 1 unspecified atom stereocenters. The van der Waals surface area contributed by atoms with Crippen LogP contribution in [0.3, 0.4) is 0 Å². The molecule has 5 heteroatoms. The Hall–Kier alpha value is -1.92. The Morgan fingerprint density at radius 3 is 1.87 bits per heavy atom. The van der Waals surface area contributed by atoms with E-state index < -0.39 is 0 Å². The second-order valence-corrected chi connectivity index (χ2v) is 8.69. The molecular weight excluding hydrogens is 372 g/mol. The van der Waals surface area contributed by atoms with E-state index in [1.165, 1.54) is 17.7 Å². The molecule has 0 spiro atoms. The average molecular weight is 409 g/mol. The quantitative estimate of drug-likeness (QED) is 0.761. The van der Waals surface area contributed by atoms with Crippen molar-refractivity contribution in [3.63, 3.8) is 0 Å². The molecule has 0 bridgehead atoms. The molecule has 2 aliphatic heterocycles. The van der Waals surface area contributed by atoms with Gasteiger partial charge in [0.15, 0.2) is 0 Å². The van der Waals surface area contributed by atoms with Gasteiger partial charge >= 0.3 is 0 Å². The Morgan fingerprint density at radius 2 is 1.17 bits per heavy atom. The highest BCUT2D eigenvalue weighted by molar-refractivity contribution is 5.46. The topological polar surface area (TPSA) is 33.2 Å². The van der Waals surface area contributed by atoms with Gasteiger partial charge in [-0.1, -0.05) is 48.5 Å². The van der Waals surface area contributed by atoms with Crippen LogP contribution >= 0.6 is 0 Å². The molecular formula is C25H36N4O. The minimum atomic E-state index is -0.269. The summed E-state index contributed by atoms with van der Waals surface area (Å²) in [6.45, 7) is 11.1. The van der Waals surface area contributed by atoms with Crippen molar-refractivity contribution in [3.8, 4) is 0 Å². The Labute approximate surface area is 181 Å². The van der Waals surface area contributed by atoms with Crippen molar-refractivity contribution in [2.24, 2.45) is 0 Å². The SMILES string of the molecule is OC(CN1CCCN(Cc2ccccc2)CC1)CN1CCN(c2ccccc2)CC1. The first-order chi connectivity index (χ1) is 14.8. The highest BCUT2D eigenvalue weighted by Gasteiger charge is 2.22. The Kier molecular flexibility index (Phi) is 7.76. The largest absolute Gasteiger partial charge is 0.390 e. The molecule has 0 radical (unpaired) electrons. The van der Waals surface area contributed by atoms with Crippen molar-refractivity contribution in [1.29, 1.82) is 0 Å². The van der Waals surface area contributed by atoms with Crippen LogP contribution < -0.4 is 4.90 Å². The van der Waals surface area contributed by atoms with Crippen molar-refractivity contribution in [1.82, 2.24) is 14.7 Å². The molecule has 2 aliphatic rings. The summed E-state index contributed by atoms with van der Waals surface area (Å²) in [6.07, 6.45) is 0.906. The van der Waals surface area contributed by atoms with Gasteiger partial charge in [-0.2, -0.15) is 0 Å². The maximum atomic E-state index is 10.7. The highest BCUT2D eigenvalue weighted by Crippen LogP contribution is 2.16. The maximum Gasteiger partial charge on any atom is 0.0793 e. The minimum absolute atomic E-state index is 0.269. The molecule has 0 amide bonds. The van der Waals surface area contributed by atoms with Crippen molar-refractivity contribution in [2.45, 2.75) is 19.1 Å². The van der Waals surface area contributed by atoms with Gasteiger partial charge in [0.25, 0.3) is 0 Å². The number of rotatable bonds is 7. The number of β-amino-alcohol motifs (C(OH)–C–C–N with tert-alkyl or cyclic N) is 1. The first kappa shape index (κ1) is 21.3. The van der Waals surface area contributed by atoms with Crippen LogP contribution in [0.15, 0.2) is 60.7 Å². The highest BCUT2D eigenvalue weighted by atomic mass is 16.3. The van der Waals surface area contributed by atoms with Gasteiger partial charge in [-0.05, 0) is 37.2 Å².